The Balaban J connectivity index is 2.93. The fourth-order valence-electron chi connectivity index (χ4n) is 1.02. The SMILES string of the molecule is CC#Cc1ccccc1NC(=O)CCl. The van der Waals surface area contributed by atoms with Gasteiger partial charge in [0.15, 0.2) is 0 Å². The number of nitrogens with one attached hydrogen (secondary N) is 1. The maximum atomic E-state index is 11.0. The number of hydrogen-bond donors (Lipinski definition) is 1. The van der Waals surface area contributed by atoms with E-state index >= 15 is 0 Å². The van der Waals surface area contributed by atoms with Crippen molar-refractivity contribution < 1.29 is 4.79 Å². The van der Waals surface area contributed by atoms with Crippen LogP contribution in [0, 0.1) is 11.8 Å². The molecule has 1 aromatic carbocycles. The van der Waals surface area contributed by atoms with E-state index in [2.05, 4.69) is 17.2 Å². The topological polar surface area (TPSA) is 29.1 Å². The molecule has 0 aliphatic rings. The zero-order valence-electron chi connectivity index (χ0n) is 7.80. The summed E-state index contributed by atoms with van der Waals surface area (Å²) in [5.41, 5.74) is 1.50. The van der Waals surface area contributed by atoms with Gasteiger partial charge in [0.25, 0.3) is 0 Å². The average Bonchev–Trinajstić information content (AvgIpc) is 2.21. The van der Waals surface area contributed by atoms with E-state index in [1.807, 2.05) is 18.2 Å². The molecule has 0 bridgehead atoms. The minimum absolute atomic E-state index is 0.0477. The Morgan fingerprint density at radius 2 is 2.21 bits per heavy atom. The average molecular weight is 208 g/mol. The zero-order chi connectivity index (χ0) is 10.4. The maximum absolute atomic E-state index is 11.0. The van der Waals surface area contributed by atoms with Crippen LogP contribution in [0.4, 0.5) is 5.69 Å². The first kappa shape index (κ1) is 10.6. The molecule has 0 aliphatic carbocycles. The first-order valence-corrected chi connectivity index (χ1v) is 4.69. The molecule has 0 atom stereocenters. The molecule has 0 radical (unpaired) electrons. The molecule has 72 valence electrons. The Bertz CT molecular complexity index is 390. The lowest BCUT2D eigenvalue weighted by Crippen LogP contribution is -2.13. The molecule has 0 aliphatic heterocycles. The Morgan fingerprint density at radius 1 is 1.50 bits per heavy atom. The second kappa shape index (κ2) is 5.31. The molecule has 2 nitrogen and oxygen atoms in total. The van der Waals surface area contributed by atoms with Crippen LogP contribution >= 0.6 is 11.6 Å². The van der Waals surface area contributed by atoms with E-state index in [1.54, 1.807) is 13.0 Å². The van der Waals surface area contributed by atoms with Gasteiger partial charge in [-0.2, -0.15) is 0 Å². The molecule has 0 aromatic heterocycles. The summed E-state index contributed by atoms with van der Waals surface area (Å²) in [5, 5.41) is 2.67. The van der Waals surface area contributed by atoms with Gasteiger partial charge in [0.05, 0.1) is 5.69 Å². The van der Waals surface area contributed by atoms with Gasteiger partial charge in [-0.15, -0.1) is 17.5 Å². The largest absolute Gasteiger partial charge is 0.324 e. The highest BCUT2D eigenvalue weighted by atomic mass is 35.5. The molecule has 1 amide bonds. The van der Waals surface area contributed by atoms with E-state index in [4.69, 9.17) is 11.6 Å². The molecule has 0 heterocycles. The van der Waals surface area contributed by atoms with Gasteiger partial charge in [0, 0.05) is 5.56 Å². The van der Waals surface area contributed by atoms with Crippen LogP contribution in [-0.2, 0) is 4.79 Å². The number of amides is 1. The van der Waals surface area contributed by atoms with E-state index in [0.717, 1.165) is 5.56 Å². The fourth-order valence-corrected chi connectivity index (χ4v) is 1.09. The molecule has 14 heavy (non-hydrogen) atoms. The lowest BCUT2D eigenvalue weighted by Gasteiger charge is -2.04. The Morgan fingerprint density at radius 3 is 2.86 bits per heavy atom. The lowest BCUT2D eigenvalue weighted by molar-refractivity contribution is -0.113. The summed E-state index contributed by atoms with van der Waals surface area (Å²) in [6.45, 7) is 1.75. The lowest BCUT2D eigenvalue weighted by atomic mass is 10.2. The van der Waals surface area contributed by atoms with Gasteiger partial charge in [-0.3, -0.25) is 4.79 Å². The fraction of sp³-hybridized carbons (Fsp3) is 0.182. The van der Waals surface area contributed by atoms with Gasteiger partial charge in [0.2, 0.25) is 5.91 Å². The van der Waals surface area contributed by atoms with Crippen molar-refractivity contribution in [3.63, 3.8) is 0 Å². The second-order valence-corrected chi connectivity index (χ2v) is 2.87. The van der Waals surface area contributed by atoms with Crippen LogP contribution in [0.25, 0.3) is 0 Å². The van der Waals surface area contributed by atoms with E-state index < -0.39 is 0 Å². The third-order valence-electron chi connectivity index (χ3n) is 1.58. The first-order chi connectivity index (χ1) is 6.77. The van der Waals surface area contributed by atoms with Gasteiger partial charge in [-0.25, -0.2) is 0 Å². The molecule has 0 saturated heterocycles. The molecule has 0 saturated carbocycles. The molecular weight excluding hydrogens is 198 g/mol. The summed E-state index contributed by atoms with van der Waals surface area (Å²) in [7, 11) is 0. The quantitative estimate of drug-likeness (QED) is 0.585. The minimum Gasteiger partial charge on any atom is -0.324 e. The highest BCUT2D eigenvalue weighted by Gasteiger charge is 2.02. The second-order valence-electron chi connectivity index (χ2n) is 2.60. The number of rotatable bonds is 2. The summed E-state index contributed by atoms with van der Waals surface area (Å²) in [5.74, 6) is 5.41. The minimum atomic E-state index is -0.225. The van der Waals surface area contributed by atoms with Crippen LogP contribution in [0.2, 0.25) is 0 Å². The van der Waals surface area contributed by atoms with Crippen molar-refractivity contribution in [1.82, 2.24) is 0 Å². The summed E-state index contributed by atoms with van der Waals surface area (Å²) < 4.78 is 0. The van der Waals surface area contributed by atoms with E-state index in [9.17, 15) is 4.79 Å². The van der Waals surface area contributed by atoms with Crippen LogP contribution in [0.1, 0.15) is 12.5 Å². The van der Waals surface area contributed by atoms with Crippen LogP contribution in [0.5, 0.6) is 0 Å². The summed E-state index contributed by atoms with van der Waals surface area (Å²) in [6, 6.07) is 7.35. The third kappa shape index (κ3) is 2.79. The van der Waals surface area contributed by atoms with Crippen molar-refractivity contribution in [1.29, 1.82) is 0 Å². The van der Waals surface area contributed by atoms with Crippen molar-refractivity contribution in [2.75, 3.05) is 11.2 Å². The van der Waals surface area contributed by atoms with E-state index in [1.165, 1.54) is 0 Å². The number of benzene rings is 1. The third-order valence-corrected chi connectivity index (χ3v) is 1.82. The van der Waals surface area contributed by atoms with E-state index in [0.29, 0.717) is 5.69 Å². The van der Waals surface area contributed by atoms with Gasteiger partial charge < -0.3 is 5.32 Å². The molecule has 3 heteroatoms. The summed E-state index contributed by atoms with van der Waals surface area (Å²) >= 11 is 5.38. The number of anilines is 1. The standard InChI is InChI=1S/C11H10ClNO/c1-2-5-9-6-3-4-7-10(9)13-11(14)8-12/h3-4,6-7H,8H2,1H3,(H,13,14). The van der Waals surface area contributed by atoms with Gasteiger partial charge in [-0.1, -0.05) is 18.1 Å². The first-order valence-electron chi connectivity index (χ1n) is 4.15. The van der Waals surface area contributed by atoms with E-state index in [-0.39, 0.29) is 11.8 Å². The molecule has 0 fully saturated rings. The van der Waals surface area contributed by atoms with Crippen molar-refractivity contribution in [3.05, 3.63) is 29.8 Å². The zero-order valence-corrected chi connectivity index (χ0v) is 8.56. The molecule has 1 rings (SSSR count). The predicted molar refractivity (Wildman–Crippen MR) is 58.3 cm³/mol. The van der Waals surface area contributed by atoms with Gasteiger partial charge in [-0.05, 0) is 19.1 Å². The number of alkyl halides is 1. The monoisotopic (exact) mass is 207 g/mol. The number of carbonyl (C=O) groups is 1. The number of hydrogen-bond acceptors (Lipinski definition) is 1. The smallest absolute Gasteiger partial charge is 0.239 e. The van der Waals surface area contributed by atoms with Crippen LogP contribution < -0.4 is 5.32 Å². The molecule has 0 unspecified atom stereocenters. The highest BCUT2D eigenvalue weighted by Crippen LogP contribution is 2.13. The van der Waals surface area contributed by atoms with Crippen molar-refractivity contribution >= 4 is 23.2 Å². The number of para-hydroxylation sites is 1. The van der Waals surface area contributed by atoms with Crippen molar-refractivity contribution in [2.45, 2.75) is 6.92 Å². The Kier molecular flexibility index (Phi) is 4.03. The van der Waals surface area contributed by atoms with Crippen LogP contribution in [0.15, 0.2) is 24.3 Å². The number of halogens is 1. The Hall–Kier alpha value is -1.46. The van der Waals surface area contributed by atoms with Crippen molar-refractivity contribution in [2.24, 2.45) is 0 Å². The molecule has 0 spiro atoms. The maximum Gasteiger partial charge on any atom is 0.239 e. The van der Waals surface area contributed by atoms with Crippen LogP contribution in [-0.4, -0.2) is 11.8 Å². The van der Waals surface area contributed by atoms with Gasteiger partial charge >= 0.3 is 0 Å². The predicted octanol–water partition coefficient (Wildman–Crippen LogP) is 2.24. The molecule has 1 aromatic rings. The van der Waals surface area contributed by atoms with Crippen LogP contribution in [0.3, 0.4) is 0 Å². The summed E-state index contributed by atoms with van der Waals surface area (Å²) in [6.07, 6.45) is 0. The van der Waals surface area contributed by atoms with Crippen molar-refractivity contribution in [3.8, 4) is 11.8 Å². The highest BCUT2D eigenvalue weighted by molar-refractivity contribution is 6.29. The molecular formula is C11H10ClNO. The number of carbonyl (C=O) groups excluding carboxylic acids is 1. The normalized spacial score (nSPS) is 8.71. The summed E-state index contributed by atoms with van der Waals surface area (Å²) in [4.78, 5) is 11.0. The molecule has 1 N–H and O–H groups in total. The van der Waals surface area contributed by atoms with Gasteiger partial charge in [0.1, 0.15) is 5.88 Å². The Labute approximate surface area is 88.3 Å².